The second kappa shape index (κ2) is 9.94. The van der Waals surface area contributed by atoms with Crippen LogP contribution in [0.2, 0.25) is 0 Å². The van der Waals surface area contributed by atoms with Crippen LogP contribution in [0.25, 0.3) is 11.3 Å². The summed E-state index contributed by atoms with van der Waals surface area (Å²) in [5.74, 6) is 1.15. The summed E-state index contributed by atoms with van der Waals surface area (Å²) in [5, 5.41) is 9.65. The van der Waals surface area contributed by atoms with Crippen LogP contribution in [0.5, 0.6) is 0 Å². The molecule has 1 heterocycles. The van der Waals surface area contributed by atoms with Crippen molar-refractivity contribution in [3.63, 3.8) is 0 Å². The Kier molecular flexibility index (Phi) is 7.33. The van der Waals surface area contributed by atoms with Gasteiger partial charge in [0.2, 0.25) is 0 Å². The third-order valence-corrected chi connectivity index (χ3v) is 6.47. The van der Waals surface area contributed by atoms with Crippen LogP contribution in [-0.4, -0.2) is 27.8 Å². The average Bonchev–Trinajstić information content (AvgIpc) is 2.72. The minimum absolute atomic E-state index is 0.0379. The molecule has 0 bridgehead atoms. The molecular weight excluding hydrogens is 398 g/mol. The van der Waals surface area contributed by atoms with Crippen LogP contribution in [0.4, 0.5) is 0 Å². The summed E-state index contributed by atoms with van der Waals surface area (Å²) in [6, 6.07) is 11.0. The fourth-order valence-corrected chi connectivity index (χ4v) is 4.65. The van der Waals surface area contributed by atoms with E-state index in [-0.39, 0.29) is 23.4 Å². The predicted octanol–water partition coefficient (Wildman–Crippen LogP) is 4.40. The second-order valence-corrected chi connectivity index (χ2v) is 9.18. The van der Waals surface area contributed by atoms with Crippen molar-refractivity contribution in [3.8, 4) is 17.3 Å². The number of hydrogen-bond acceptors (Lipinski definition) is 6. The zero-order valence-electron chi connectivity index (χ0n) is 17.6. The molecule has 3 atom stereocenters. The normalized spacial score (nSPS) is 21.2. The Morgan fingerprint density at radius 3 is 2.73 bits per heavy atom. The van der Waals surface area contributed by atoms with Gasteiger partial charge in [-0.25, -0.2) is 4.98 Å². The topological polar surface area (TPSA) is 95.8 Å². The van der Waals surface area contributed by atoms with Crippen LogP contribution in [0.1, 0.15) is 45.6 Å². The Labute approximate surface area is 181 Å². The molecule has 7 heteroatoms. The zero-order chi connectivity index (χ0) is 21.7. The van der Waals surface area contributed by atoms with E-state index in [4.69, 9.17) is 4.74 Å². The maximum absolute atomic E-state index is 12.5. The Morgan fingerprint density at radius 2 is 2.07 bits per heavy atom. The van der Waals surface area contributed by atoms with Crippen LogP contribution in [0, 0.1) is 29.1 Å². The molecule has 3 rings (SSSR count). The van der Waals surface area contributed by atoms with E-state index in [0.29, 0.717) is 34.2 Å². The van der Waals surface area contributed by atoms with E-state index in [9.17, 15) is 14.9 Å². The molecular formula is C23H27N3O3S. The molecule has 2 aromatic rings. The van der Waals surface area contributed by atoms with Gasteiger partial charge in [0, 0.05) is 5.56 Å². The first-order chi connectivity index (χ1) is 14.4. The number of rotatable bonds is 6. The maximum atomic E-state index is 12.5. The molecule has 0 aliphatic heterocycles. The number of carbonyl (C=O) groups excluding carboxylic acids is 1. The fraction of sp³-hybridized carbons (Fsp3) is 0.478. The number of hydrogen-bond donors (Lipinski definition) is 1. The summed E-state index contributed by atoms with van der Waals surface area (Å²) < 4.78 is 5.82. The quantitative estimate of drug-likeness (QED) is 0.418. The maximum Gasteiger partial charge on any atom is 0.316 e. The van der Waals surface area contributed by atoms with E-state index < -0.39 is 5.56 Å². The molecule has 1 fully saturated rings. The summed E-state index contributed by atoms with van der Waals surface area (Å²) in [4.78, 5) is 31.9. The highest BCUT2D eigenvalue weighted by Gasteiger charge is 2.33. The smallest absolute Gasteiger partial charge is 0.316 e. The summed E-state index contributed by atoms with van der Waals surface area (Å²) >= 11 is 1.12. The minimum atomic E-state index is -0.511. The molecule has 0 spiro atoms. The summed E-state index contributed by atoms with van der Waals surface area (Å²) in [7, 11) is 0. The summed E-state index contributed by atoms with van der Waals surface area (Å²) in [6.07, 6.45) is 3.08. The van der Waals surface area contributed by atoms with Gasteiger partial charge in [0.05, 0.1) is 11.4 Å². The Bertz CT molecular complexity index is 981. The first-order valence-corrected chi connectivity index (χ1v) is 11.3. The predicted molar refractivity (Wildman–Crippen MR) is 117 cm³/mol. The van der Waals surface area contributed by atoms with E-state index in [1.54, 1.807) is 12.1 Å². The van der Waals surface area contributed by atoms with Crippen molar-refractivity contribution in [3.05, 3.63) is 46.2 Å². The molecule has 158 valence electrons. The van der Waals surface area contributed by atoms with Gasteiger partial charge in [-0.2, -0.15) is 5.26 Å². The van der Waals surface area contributed by atoms with Crippen LogP contribution in [-0.2, 0) is 9.53 Å². The number of ether oxygens (including phenoxy) is 1. The van der Waals surface area contributed by atoms with Gasteiger partial charge < -0.3 is 9.72 Å². The van der Waals surface area contributed by atoms with E-state index in [2.05, 4.69) is 30.7 Å². The van der Waals surface area contributed by atoms with Crippen molar-refractivity contribution in [2.75, 3.05) is 5.75 Å². The number of carbonyl (C=O) groups is 1. The third kappa shape index (κ3) is 5.31. The highest BCUT2D eigenvalue weighted by molar-refractivity contribution is 7.99. The van der Waals surface area contributed by atoms with Crippen LogP contribution in [0.15, 0.2) is 40.3 Å². The van der Waals surface area contributed by atoms with Crippen molar-refractivity contribution in [2.24, 2.45) is 17.8 Å². The highest BCUT2D eigenvalue weighted by atomic mass is 32.2. The van der Waals surface area contributed by atoms with Crippen molar-refractivity contribution in [1.82, 2.24) is 9.97 Å². The van der Waals surface area contributed by atoms with Crippen LogP contribution in [0.3, 0.4) is 0 Å². The van der Waals surface area contributed by atoms with Gasteiger partial charge >= 0.3 is 5.97 Å². The molecule has 1 N–H and O–H groups in total. The lowest BCUT2D eigenvalue weighted by molar-refractivity contribution is -0.152. The third-order valence-electron chi connectivity index (χ3n) is 5.63. The lowest BCUT2D eigenvalue weighted by atomic mass is 9.75. The number of H-pyrrole nitrogens is 1. The number of thioether (sulfide) groups is 1. The van der Waals surface area contributed by atoms with E-state index >= 15 is 0 Å². The molecule has 0 radical (unpaired) electrons. The largest absolute Gasteiger partial charge is 0.461 e. The lowest BCUT2D eigenvalue weighted by Crippen LogP contribution is -2.36. The average molecular weight is 426 g/mol. The van der Waals surface area contributed by atoms with Gasteiger partial charge in [0.1, 0.15) is 17.7 Å². The molecule has 0 saturated heterocycles. The molecule has 30 heavy (non-hydrogen) atoms. The van der Waals surface area contributed by atoms with Crippen LogP contribution >= 0.6 is 11.8 Å². The number of nitrogens with one attached hydrogen (secondary N) is 1. The van der Waals surface area contributed by atoms with Crippen molar-refractivity contribution >= 4 is 17.7 Å². The van der Waals surface area contributed by atoms with E-state index in [0.717, 1.165) is 24.6 Å². The number of nitriles is 1. The summed E-state index contributed by atoms with van der Waals surface area (Å²) in [5.41, 5.74) is 0.450. The molecule has 1 aromatic heterocycles. The lowest BCUT2D eigenvalue weighted by Gasteiger charge is -2.36. The molecule has 1 saturated carbocycles. The second-order valence-electron chi connectivity index (χ2n) is 8.22. The summed E-state index contributed by atoms with van der Waals surface area (Å²) in [6.45, 7) is 6.54. The van der Waals surface area contributed by atoms with Gasteiger partial charge in [-0.1, -0.05) is 69.3 Å². The van der Waals surface area contributed by atoms with E-state index in [1.807, 2.05) is 24.3 Å². The zero-order valence-corrected chi connectivity index (χ0v) is 18.4. The Hall–Kier alpha value is -2.59. The van der Waals surface area contributed by atoms with Gasteiger partial charge in [-0.15, -0.1) is 0 Å². The molecule has 1 aromatic carbocycles. The monoisotopic (exact) mass is 425 g/mol. The fourth-order valence-electron chi connectivity index (χ4n) is 4.01. The first kappa shape index (κ1) is 22.1. The molecule has 0 unspecified atom stereocenters. The van der Waals surface area contributed by atoms with Crippen LogP contribution < -0.4 is 5.56 Å². The van der Waals surface area contributed by atoms with Crippen molar-refractivity contribution in [1.29, 1.82) is 5.26 Å². The van der Waals surface area contributed by atoms with Gasteiger partial charge in [-0.3, -0.25) is 9.59 Å². The molecule has 1 aliphatic rings. The number of esters is 1. The highest BCUT2D eigenvalue weighted by Crippen LogP contribution is 2.35. The van der Waals surface area contributed by atoms with Gasteiger partial charge in [0.25, 0.3) is 5.56 Å². The molecule has 0 amide bonds. The Balaban J connectivity index is 1.71. The number of aromatic nitrogens is 2. The molecule has 1 aliphatic carbocycles. The van der Waals surface area contributed by atoms with Gasteiger partial charge in [0.15, 0.2) is 5.16 Å². The van der Waals surface area contributed by atoms with Crippen molar-refractivity contribution in [2.45, 2.75) is 51.3 Å². The SMILES string of the molecule is CC(C)[C@H]1CC[C@@H](C)C[C@@H]1OC(=O)CSc1nc(-c2ccccc2)c(C#N)c(=O)[nH]1. The number of benzene rings is 1. The number of aromatic amines is 1. The first-order valence-electron chi connectivity index (χ1n) is 10.3. The Morgan fingerprint density at radius 1 is 1.33 bits per heavy atom. The van der Waals surface area contributed by atoms with E-state index in [1.165, 1.54) is 6.42 Å². The minimum Gasteiger partial charge on any atom is -0.461 e. The van der Waals surface area contributed by atoms with Crippen molar-refractivity contribution < 1.29 is 9.53 Å². The van der Waals surface area contributed by atoms with Gasteiger partial charge in [-0.05, 0) is 30.6 Å². The molecule has 6 nitrogen and oxygen atoms in total. The number of nitrogens with zero attached hydrogens (tertiary/aromatic N) is 2. The standard InChI is InChI=1S/C23H27N3O3S/c1-14(2)17-10-9-15(3)11-19(17)29-20(27)13-30-23-25-21(16-7-5-4-6-8-16)18(12-24)22(28)26-23/h4-8,14-15,17,19H,9-11,13H2,1-3H3,(H,25,26,28)/t15-,17-,19+/m1/s1.